The second kappa shape index (κ2) is 6.94. The summed E-state index contributed by atoms with van der Waals surface area (Å²) in [6, 6.07) is 6.62. The number of aromatic carboxylic acids is 1. The van der Waals surface area contributed by atoms with E-state index in [-0.39, 0.29) is 29.1 Å². The highest BCUT2D eigenvalue weighted by atomic mass is 32.2. The number of anilines is 1. The summed E-state index contributed by atoms with van der Waals surface area (Å²) >= 11 is 0. The van der Waals surface area contributed by atoms with Gasteiger partial charge in [-0.3, -0.25) is 0 Å². The van der Waals surface area contributed by atoms with E-state index in [0.717, 1.165) is 0 Å². The standard InChI is InChI=1S/C16H20N4O5S/c1-3-25-13-6-4-11(5-7-13)20-17-14(16(21)22)15(18-20)19(2)12-8-9-26(23,24)10-12/h4-7,12H,3,8-10H2,1-2H3,(H,21,22). The summed E-state index contributed by atoms with van der Waals surface area (Å²) in [6.45, 7) is 2.43. The fourth-order valence-electron chi connectivity index (χ4n) is 2.89. The minimum absolute atomic E-state index is 0.0154. The van der Waals surface area contributed by atoms with Gasteiger partial charge in [0, 0.05) is 13.1 Å². The Morgan fingerprint density at radius 2 is 2.04 bits per heavy atom. The lowest BCUT2D eigenvalue weighted by Gasteiger charge is -2.22. The number of hydrogen-bond donors (Lipinski definition) is 1. The highest BCUT2D eigenvalue weighted by Gasteiger charge is 2.34. The Kier molecular flexibility index (Phi) is 4.86. The topological polar surface area (TPSA) is 115 Å². The molecule has 140 valence electrons. The molecule has 1 aliphatic rings. The van der Waals surface area contributed by atoms with Gasteiger partial charge in [-0.2, -0.15) is 0 Å². The van der Waals surface area contributed by atoms with Gasteiger partial charge in [0.05, 0.1) is 23.8 Å². The van der Waals surface area contributed by atoms with Gasteiger partial charge in [-0.05, 0) is 37.6 Å². The van der Waals surface area contributed by atoms with Crippen LogP contribution in [0.25, 0.3) is 5.69 Å². The van der Waals surface area contributed by atoms with Crippen LogP contribution in [0.3, 0.4) is 0 Å². The first-order chi connectivity index (χ1) is 12.3. The summed E-state index contributed by atoms with van der Waals surface area (Å²) < 4.78 is 28.8. The summed E-state index contributed by atoms with van der Waals surface area (Å²) in [4.78, 5) is 14.4. The molecular weight excluding hydrogens is 360 g/mol. The predicted molar refractivity (Wildman–Crippen MR) is 94.9 cm³/mol. The molecule has 10 heteroatoms. The number of benzene rings is 1. The first-order valence-corrected chi connectivity index (χ1v) is 10.00. The molecule has 1 aromatic heterocycles. The summed E-state index contributed by atoms with van der Waals surface area (Å²) in [6.07, 6.45) is 0.438. The lowest BCUT2D eigenvalue weighted by Crippen LogP contribution is -2.34. The van der Waals surface area contributed by atoms with Gasteiger partial charge in [0.25, 0.3) is 0 Å². The van der Waals surface area contributed by atoms with Crippen molar-refractivity contribution in [2.75, 3.05) is 30.1 Å². The maximum Gasteiger partial charge on any atom is 0.360 e. The van der Waals surface area contributed by atoms with Gasteiger partial charge in [-0.1, -0.05) is 0 Å². The molecule has 3 rings (SSSR count). The normalized spacial score (nSPS) is 18.6. The molecule has 1 fully saturated rings. The molecule has 1 unspecified atom stereocenters. The zero-order valence-corrected chi connectivity index (χ0v) is 15.3. The van der Waals surface area contributed by atoms with Crippen LogP contribution in [0.4, 0.5) is 5.82 Å². The third-order valence-corrected chi connectivity index (χ3v) is 6.02. The van der Waals surface area contributed by atoms with Crippen LogP contribution < -0.4 is 9.64 Å². The molecule has 2 heterocycles. The fraction of sp³-hybridized carbons (Fsp3) is 0.438. The second-order valence-electron chi connectivity index (χ2n) is 6.06. The molecule has 0 radical (unpaired) electrons. The van der Waals surface area contributed by atoms with Gasteiger partial charge >= 0.3 is 5.97 Å². The number of sulfone groups is 1. The van der Waals surface area contributed by atoms with Crippen LogP contribution >= 0.6 is 0 Å². The minimum Gasteiger partial charge on any atom is -0.494 e. The molecule has 26 heavy (non-hydrogen) atoms. The Balaban J connectivity index is 1.92. The first-order valence-electron chi connectivity index (χ1n) is 8.18. The van der Waals surface area contributed by atoms with Crippen LogP contribution in [0.2, 0.25) is 0 Å². The molecular formula is C16H20N4O5S. The van der Waals surface area contributed by atoms with Crippen LogP contribution in [0.5, 0.6) is 5.75 Å². The zero-order valence-electron chi connectivity index (χ0n) is 14.5. The van der Waals surface area contributed by atoms with Crippen molar-refractivity contribution >= 4 is 21.6 Å². The van der Waals surface area contributed by atoms with E-state index in [9.17, 15) is 18.3 Å². The molecule has 0 spiro atoms. The molecule has 0 bridgehead atoms. The summed E-state index contributed by atoms with van der Waals surface area (Å²) in [7, 11) is -1.45. The van der Waals surface area contributed by atoms with E-state index in [1.165, 1.54) is 4.80 Å². The van der Waals surface area contributed by atoms with Crippen molar-refractivity contribution in [1.82, 2.24) is 15.0 Å². The molecule has 1 aromatic carbocycles. The first kappa shape index (κ1) is 18.2. The van der Waals surface area contributed by atoms with E-state index in [1.54, 1.807) is 36.2 Å². The van der Waals surface area contributed by atoms with Crippen molar-refractivity contribution < 1.29 is 23.1 Å². The van der Waals surface area contributed by atoms with Gasteiger partial charge in [0.1, 0.15) is 5.75 Å². The van der Waals surface area contributed by atoms with Crippen LogP contribution in [0, 0.1) is 0 Å². The molecule has 0 amide bonds. The van der Waals surface area contributed by atoms with E-state index in [4.69, 9.17) is 4.74 Å². The highest BCUT2D eigenvalue weighted by Crippen LogP contribution is 2.25. The lowest BCUT2D eigenvalue weighted by molar-refractivity contribution is 0.0690. The second-order valence-corrected chi connectivity index (χ2v) is 8.29. The van der Waals surface area contributed by atoms with Crippen molar-refractivity contribution in [2.24, 2.45) is 0 Å². The minimum atomic E-state index is -3.10. The lowest BCUT2D eigenvalue weighted by atomic mass is 10.2. The Labute approximate surface area is 151 Å². The van der Waals surface area contributed by atoms with Crippen molar-refractivity contribution in [2.45, 2.75) is 19.4 Å². The SMILES string of the molecule is CCOc1ccc(-n2nc(C(=O)O)c(N(C)C3CCS(=O)(=O)C3)n2)cc1. The average molecular weight is 380 g/mol. The fourth-order valence-corrected chi connectivity index (χ4v) is 4.66. The van der Waals surface area contributed by atoms with Crippen molar-refractivity contribution in [1.29, 1.82) is 0 Å². The van der Waals surface area contributed by atoms with Gasteiger partial charge in [-0.15, -0.1) is 15.0 Å². The summed E-state index contributed by atoms with van der Waals surface area (Å²) in [5.74, 6) is -0.302. The van der Waals surface area contributed by atoms with E-state index in [2.05, 4.69) is 10.2 Å². The summed E-state index contributed by atoms with van der Waals surface area (Å²) in [5, 5.41) is 17.8. The van der Waals surface area contributed by atoms with Crippen LogP contribution in [-0.2, 0) is 9.84 Å². The van der Waals surface area contributed by atoms with Crippen molar-refractivity contribution in [3.8, 4) is 11.4 Å². The number of hydrogen-bond acceptors (Lipinski definition) is 7. The average Bonchev–Trinajstić information content (AvgIpc) is 3.19. The Hall–Kier alpha value is -2.62. The maximum atomic E-state index is 11.7. The van der Waals surface area contributed by atoms with Gasteiger partial charge in [0.15, 0.2) is 15.7 Å². The van der Waals surface area contributed by atoms with Crippen molar-refractivity contribution in [3.05, 3.63) is 30.0 Å². The maximum absolute atomic E-state index is 11.7. The monoisotopic (exact) mass is 380 g/mol. The third kappa shape index (κ3) is 3.64. The summed E-state index contributed by atoms with van der Waals surface area (Å²) in [5.41, 5.74) is 0.361. The molecule has 1 atom stereocenters. The van der Waals surface area contributed by atoms with Crippen LogP contribution in [0.15, 0.2) is 24.3 Å². The number of aromatic nitrogens is 3. The molecule has 9 nitrogen and oxygen atoms in total. The van der Waals surface area contributed by atoms with E-state index < -0.39 is 15.8 Å². The molecule has 0 saturated carbocycles. The largest absolute Gasteiger partial charge is 0.494 e. The smallest absolute Gasteiger partial charge is 0.360 e. The Morgan fingerprint density at radius 3 is 2.58 bits per heavy atom. The number of nitrogens with zero attached hydrogens (tertiary/aromatic N) is 4. The molecule has 0 aliphatic carbocycles. The van der Waals surface area contributed by atoms with E-state index >= 15 is 0 Å². The zero-order chi connectivity index (χ0) is 18.9. The molecule has 1 aliphatic heterocycles. The van der Waals surface area contributed by atoms with Gasteiger partial charge < -0.3 is 14.7 Å². The molecule has 1 saturated heterocycles. The molecule has 1 N–H and O–H groups in total. The van der Waals surface area contributed by atoms with Crippen LogP contribution in [0.1, 0.15) is 23.8 Å². The van der Waals surface area contributed by atoms with Gasteiger partial charge in [-0.25, -0.2) is 13.2 Å². The third-order valence-electron chi connectivity index (χ3n) is 4.27. The Bertz CT molecular complexity index is 907. The van der Waals surface area contributed by atoms with Gasteiger partial charge in [0.2, 0.25) is 5.69 Å². The highest BCUT2D eigenvalue weighted by molar-refractivity contribution is 7.91. The number of carboxylic acid groups (broad SMARTS) is 1. The number of carboxylic acids is 1. The van der Waals surface area contributed by atoms with E-state index in [0.29, 0.717) is 24.5 Å². The quantitative estimate of drug-likeness (QED) is 0.789. The van der Waals surface area contributed by atoms with Crippen LogP contribution in [-0.4, -0.2) is 65.7 Å². The predicted octanol–water partition coefficient (Wildman–Crippen LogP) is 0.987. The number of carbonyl (C=O) groups is 1. The number of ether oxygens (including phenoxy) is 1. The Morgan fingerprint density at radius 1 is 1.35 bits per heavy atom. The molecule has 2 aromatic rings. The van der Waals surface area contributed by atoms with E-state index in [1.807, 2.05) is 6.92 Å². The number of rotatable bonds is 6. The van der Waals surface area contributed by atoms with Crippen molar-refractivity contribution in [3.63, 3.8) is 0 Å².